The van der Waals surface area contributed by atoms with Crippen molar-refractivity contribution in [2.75, 3.05) is 32.8 Å². The number of piperazine rings is 1. The molecule has 1 aliphatic heterocycles. The molecule has 1 heterocycles. The van der Waals surface area contributed by atoms with Gasteiger partial charge in [0.1, 0.15) is 5.75 Å². The van der Waals surface area contributed by atoms with Gasteiger partial charge in [0, 0.05) is 26.2 Å². The third-order valence-electron chi connectivity index (χ3n) is 3.60. The van der Waals surface area contributed by atoms with E-state index in [9.17, 15) is 4.79 Å². The number of nitrogens with zero attached hydrogens (tertiary/aromatic N) is 1. The molecule has 0 radical (unpaired) electrons. The molecule has 5 heteroatoms. The third kappa shape index (κ3) is 4.39. The Labute approximate surface area is 126 Å². The lowest BCUT2D eigenvalue weighted by atomic mass is 10.1. The monoisotopic (exact) mass is 298 g/mol. The van der Waals surface area contributed by atoms with E-state index in [-0.39, 0.29) is 18.3 Å². The van der Waals surface area contributed by atoms with Crippen molar-refractivity contribution in [3.63, 3.8) is 0 Å². The first-order valence-corrected chi connectivity index (χ1v) is 6.86. The summed E-state index contributed by atoms with van der Waals surface area (Å²) in [6, 6.07) is 6.00. The van der Waals surface area contributed by atoms with Crippen LogP contribution >= 0.6 is 12.4 Å². The summed E-state index contributed by atoms with van der Waals surface area (Å²) < 4.78 is 5.72. The van der Waals surface area contributed by atoms with Crippen molar-refractivity contribution in [3.8, 4) is 5.75 Å². The van der Waals surface area contributed by atoms with Crippen molar-refractivity contribution in [2.24, 2.45) is 0 Å². The van der Waals surface area contributed by atoms with Gasteiger partial charge in [-0.15, -0.1) is 12.4 Å². The lowest BCUT2D eigenvalue weighted by molar-refractivity contribution is -0.132. The van der Waals surface area contributed by atoms with Gasteiger partial charge in [0.15, 0.2) is 0 Å². The van der Waals surface area contributed by atoms with E-state index in [0.29, 0.717) is 13.0 Å². The van der Waals surface area contributed by atoms with Crippen LogP contribution in [0.25, 0.3) is 0 Å². The predicted molar refractivity (Wildman–Crippen MR) is 82.7 cm³/mol. The van der Waals surface area contributed by atoms with Crippen LogP contribution in [0.2, 0.25) is 0 Å². The van der Waals surface area contributed by atoms with Gasteiger partial charge >= 0.3 is 0 Å². The fraction of sp³-hybridized carbons (Fsp3) is 0.533. The summed E-state index contributed by atoms with van der Waals surface area (Å²) >= 11 is 0. The first kappa shape index (κ1) is 16.8. The van der Waals surface area contributed by atoms with Crippen LogP contribution in [-0.4, -0.2) is 43.6 Å². The summed E-state index contributed by atoms with van der Waals surface area (Å²) in [7, 11) is 0. The van der Waals surface area contributed by atoms with E-state index < -0.39 is 0 Å². The molecule has 0 aliphatic carbocycles. The van der Waals surface area contributed by atoms with Gasteiger partial charge < -0.3 is 15.0 Å². The fourth-order valence-electron chi connectivity index (χ4n) is 2.20. The largest absolute Gasteiger partial charge is 0.493 e. The number of ether oxygens (including phenoxy) is 1. The highest BCUT2D eigenvalue weighted by Gasteiger charge is 2.15. The molecule has 1 aromatic rings. The van der Waals surface area contributed by atoms with Crippen LogP contribution < -0.4 is 10.1 Å². The normalized spacial score (nSPS) is 14.6. The number of halogens is 1. The van der Waals surface area contributed by atoms with Crippen molar-refractivity contribution in [1.82, 2.24) is 10.2 Å². The Morgan fingerprint density at radius 2 is 2.00 bits per heavy atom. The molecule has 1 fully saturated rings. The number of aryl methyl sites for hydroxylation is 1. The van der Waals surface area contributed by atoms with Gasteiger partial charge in [0.25, 0.3) is 0 Å². The second-order valence-electron chi connectivity index (χ2n) is 4.93. The van der Waals surface area contributed by atoms with Gasteiger partial charge in [-0.1, -0.05) is 12.1 Å². The average molecular weight is 299 g/mol. The van der Waals surface area contributed by atoms with Crippen molar-refractivity contribution in [1.29, 1.82) is 0 Å². The summed E-state index contributed by atoms with van der Waals surface area (Å²) in [6.45, 7) is 7.96. The van der Waals surface area contributed by atoms with Gasteiger partial charge in [-0.05, 0) is 31.0 Å². The highest BCUT2D eigenvalue weighted by Crippen LogP contribution is 2.20. The molecule has 0 saturated carbocycles. The minimum Gasteiger partial charge on any atom is -0.493 e. The number of rotatable bonds is 4. The van der Waals surface area contributed by atoms with E-state index in [2.05, 4.69) is 18.3 Å². The van der Waals surface area contributed by atoms with Crippen LogP contribution in [0.15, 0.2) is 18.2 Å². The second kappa shape index (κ2) is 8.12. The SMILES string of the molecule is Cc1cccc(OCCC(=O)N2CCNCC2)c1C.Cl. The van der Waals surface area contributed by atoms with Crippen LogP contribution in [0.5, 0.6) is 5.75 Å². The summed E-state index contributed by atoms with van der Waals surface area (Å²) in [6.07, 6.45) is 0.452. The van der Waals surface area contributed by atoms with Crippen molar-refractivity contribution < 1.29 is 9.53 Å². The van der Waals surface area contributed by atoms with E-state index in [1.165, 1.54) is 5.56 Å². The summed E-state index contributed by atoms with van der Waals surface area (Å²) in [4.78, 5) is 13.9. The van der Waals surface area contributed by atoms with Crippen LogP contribution in [-0.2, 0) is 4.79 Å². The number of nitrogens with one attached hydrogen (secondary N) is 1. The maximum absolute atomic E-state index is 12.0. The molecule has 4 nitrogen and oxygen atoms in total. The molecule has 1 aromatic carbocycles. The van der Waals surface area contributed by atoms with Gasteiger partial charge in [0.2, 0.25) is 5.91 Å². The summed E-state index contributed by atoms with van der Waals surface area (Å²) in [5.74, 6) is 1.07. The number of benzene rings is 1. The predicted octanol–water partition coefficient (Wildman–Crippen LogP) is 1.93. The van der Waals surface area contributed by atoms with Crippen molar-refractivity contribution >= 4 is 18.3 Å². The van der Waals surface area contributed by atoms with Gasteiger partial charge in [-0.2, -0.15) is 0 Å². The maximum Gasteiger partial charge on any atom is 0.226 e. The van der Waals surface area contributed by atoms with Crippen LogP contribution in [0, 0.1) is 13.8 Å². The van der Waals surface area contributed by atoms with Crippen molar-refractivity contribution in [3.05, 3.63) is 29.3 Å². The smallest absolute Gasteiger partial charge is 0.226 e. The van der Waals surface area contributed by atoms with Gasteiger partial charge in [-0.3, -0.25) is 4.79 Å². The molecule has 0 aromatic heterocycles. The molecule has 1 amide bonds. The molecule has 0 bridgehead atoms. The van der Waals surface area contributed by atoms with Crippen LogP contribution in [0.4, 0.5) is 0 Å². The van der Waals surface area contributed by atoms with E-state index >= 15 is 0 Å². The molecule has 0 spiro atoms. The molecule has 2 rings (SSSR count). The fourth-order valence-corrected chi connectivity index (χ4v) is 2.20. The number of hydrogen-bond donors (Lipinski definition) is 1. The van der Waals surface area contributed by atoms with E-state index in [0.717, 1.165) is 37.5 Å². The lowest BCUT2D eigenvalue weighted by Crippen LogP contribution is -2.46. The molecule has 1 aliphatic rings. The lowest BCUT2D eigenvalue weighted by Gasteiger charge is -2.27. The Kier molecular flexibility index (Phi) is 6.82. The Balaban J connectivity index is 0.00000200. The quantitative estimate of drug-likeness (QED) is 0.923. The molecule has 20 heavy (non-hydrogen) atoms. The Morgan fingerprint density at radius 3 is 2.70 bits per heavy atom. The van der Waals surface area contributed by atoms with Gasteiger partial charge in [-0.25, -0.2) is 0 Å². The molecule has 0 unspecified atom stereocenters. The Bertz CT molecular complexity index is 445. The Morgan fingerprint density at radius 1 is 1.30 bits per heavy atom. The number of carbonyl (C=O) groups is 1. The molecule has 1 saturated heterocycles. The topological polar surface area (TPSA) is 41.6 Å². The third-order valence-corrected chi connectivity index (χ3v) is 3.60. The van der Waals surface area contributed by atoms with E-state index in [4.69, 9.17) is 4.74 Å². The molecule has 1 N–H and O–H groups in total. The zero-order valence-corrected chi connectivity index (χ0v) is 13.0. The number of carbonyl (C=O) groups excluding carboxylic acids is 1. The van der Waals surface area contributed by atoms with Crippen LogP contribution in [0.3, 0.4) is 0 Å². The highest BCUT2D eigenvalue weighted by atomic mass is 35.5. The number of amides is 1. The first-order valence-electron chi connectivity index (χ1n) is 6.86. The minimum absolute atomic E-state index is 0. The standard InChI is InChI=1S/C15H22N2O2.ClH/c1-12-4-3-5-14(13(12)2)19-11-6-15(18)17-9-7-16-8-10-17;/h3-5,16H,6-11H2,1-2H3;1H. The minimum atomic E-state index is 0. The molecular formula is C15H23ClN2O2. The first-order chi connectivity index (χ1) is 9.18. The summed E-state index contributed by atoms with van der Waals surface area (Å²) in [5, 5.41) is 3.24. The van der Waals surface area contributed by atoms with E-state index in [1.807, 2.05) is 24.0 Å². The molecule has 0 atom stereocenters. The van der Waals surface area contributed by atoms with Gasteiger partial charge in [0.05, 0.1) is 13.0 Å². The average Bonchev–Trinajstić information content (AvgIpc) is 2.44. The molecule has 112 valence electrons. The Hall–Kier alpha value is -1.26. The maximum atomic E-state index is 12.0. The molecular weight excluding hydrogens is 276 g/mol. The zero-order valence-electron chi connectivity index (χ0n) is 12.1. The second-order valence-corrected chi connectivity index (χ2v) is 4.93. The van der Waals surface area contributed by atoms with Crippen molar-refractivity contribution in [2.45, 2.75) is 20.3 Å². The van der Waals surface area contributed by atoms with Crippen LogP contribution in [0.1, 0.15) is 17.5 Å². The summed E-state index contributed by atoms with van der Waals surface area (Å²) in [5.41, 5.74) is 2.36. The van der Waals surface area contributed by atoms with E-state index in [1.54, 1.807) is 0 Å². The zero-order chi connectivity index (χ0) is 13.7. The number of hydrogen-bond acceptors (Lipinski definition) is 3. The highest BCUT2D eigenvalue weighted by molar-refractivity contribution is 5.85.